The third kappa shape index (κ3) is 3.71. The average molecular weight is 291 g/mol. The van der Waals surface area contributed by atoms with Crippen LogP contribution in [0.15, 0.2) is 42.5 Å². The smallest absolute Gasteiger partial charge is 0.321 e. The van der Waals surface area contributed by atoms with E-state index in [2.05, 4.69) is 10.6 Å². The molecule has 104 valence electrons. The highest BCUT2D eigenvalue weighted by atomic mass is 35.5. The minimum Gasteiger partial charge on any atom is -0.334 e. The van der Waals surface area contributed by atoms with Crippen LogP contribution in [0, 0.1) is 0 Å². The maximum atomic E-state index is 11.6. The number of nitrogens with one attached hydrogen (secondary N) is 2. The van der Waals surface area contributed by atoms with E-state index in [9.17, 15) is 9.59 Å². The Morgan fingerprint density at radius 3 is 2.60 bits per heavy atom. The maximum absolute atomic E-state index is 11.6. The summed E-state index contributed by atoms with van der Waals surface area (Å²) in [7, 11) is 0. The number of hydrogen-bond acceptors (Lipinski definition) is 2. The molecule has 2 rings (SSSR count). The number of urea groups is 1. The number of hydrogen-bond donors (Lipinski definition) is 2. The molecular weight excluding hydrogens is 276 g/mol. The Bertz CT molecular complexity index is 623. The van der Waals surface area contributed by atoms with Crippen molar-refractivity contribution in [1.29, 1.82) is 0 Å². The molecule has 0 fully saturated rings. The Morgan fingerprint density at radius 2 is 1.80 bits per heavy atom. The van der Waals surface area contributed by atoms with Gasteiger partial charge in [0, 0.05) is 18.8 Å². The maximum Gasteiger partial charge on any atom is 0.321 e. The Hall–Kier alpha value is -2.07. The van der Waals surface area contributed by atoms with Crippen molar-refractivity contribution in [2.24, 2.45) is 0 Å². The van der Waals surface area contributed by atoms with E-state index in [-0.39, 0.29) is 18.2 Å². The van der Waals surface area contributed by atoms with Gasteiger partial charge in [0.05, 0.1) is 0 Å². The van der Waals surface area contributed by atoms with E-state index in [1.807, 2.05) is 42.5 Å². The molecule has 0 spiro atoms. The van der Waals surface area contributed by atoms with Gasteiger partial charge in [0.25, 0.3) is 0 Å². The standard InChI is InChI=1S/C15H15ClN2O2/c16-9-8-14(19)18-15(20)17-10-12-6-3-5-11-4-1-2-7-13(11)12/h1-7H,8-10H2,(H2,17,18,19,20). The first-order valence-corrected chi connectivity index (χ1v) is 6.84. The van der Waals surface area contributed by atoms with E-state index in [4.69, 9.17) is 11.6 Å². The zero-order valence-corrected chi connectivity index (χ0v) is 11.6. The van der Waals surface area contributed by atoms with Gasteiger partial charge >= 0.3 is 6.03 Å². The van der Waals surface area contributed by atoms with E-state index < -0.39 is 6.03 Å². The second kappa shape index (κ2) is 6.91. The van der Waals surface area contributed by atoms with Crippen molar-refractivity contribution in [3.8, 4) is 0 Å². The molecule has 5 heteroatoms. The number of fused-ring (bicyclic) bond motifs is 1. The fourth-order valence-corrected chi connectivity index (χ4v) is 2.11. The third-order valence-electron chi connectivity index (χ3n) is 2.89. The van der Waals surface area contributed by atoms with E-state index in [1.165, 1.54) is 0 Å². The predicted octanol–water partition coefficient (Wildman–Crippen LogP) is 2.79. The molecule has 20 heavy (non-hydrogen) atoms. The predicted molar refractivity (Wildman–Crippen MR) is 79.7 cm³/mol. The summed E-state index contributed by atoms with van der Waals surface area (Å²) in [6.07, 6.45) is 0.128. The summed E-state index contributed by atoms with van der Waals surface area (Å²) in [5.41, 5.74) is 1.00. The van der Waals surface area contributed by atoms with Crippen LogP contribution in [0.3, 0.4) is 0 Å². The van der Waals surface area contributed by atoms with Crippen molar-refractivity contribution < 1.29 is 9.59 Å². The van der Waals surface area contributed by atoms with Gasteiger partial charge in [0.2, 0.25) is 5.91 Å². The zero-order chi connectivity index (χ0) is 14.4. The number of imide groups is 1. The highest BCUT2D eigenvalue weighted by Crippen LogP contribution is 2.18. The van der Waals surface area contributed by atoms with Gasteiger partial charge in [-0.2, -0.15) is 0 Å². The molecule has 0 saturated carbocycles. The second-order valence-corrected chi connectivity index (χ2v) is 4.69. The summed E-state index contributed by atoms with van der Waals surface area (Å²) in [4.78, 5) is 22.8. The van der Waals surface area contributed by atoms with Gasteiger partial charge in [-0.15, -0.1) is 11.6 Å². The highest BCUT2D eigenvalue weighted by molar-refractivity contribution is 6.19. The number of rotatable bonds is 4. The lowest BCUT2D eigenvalue weighted by Crippen LogP contribution is -2.39. The Kier molecular flexibility index (Phi) is 4.96. The van der Waals surface area contributed by atoms with Crippen LogP contribution in [0.25, 0.3) is 10.8 Å². The van der Waals surface area contributed by atoms with Gasteiger partial charge in [-0.3, -0.25) is 10.1 Å². The monoisotopic (exact) mass is 290 g/mol. The average Bonchev–Trinajstić information content (AvgIpc) is 2.45. The van der Waals surface area contributed by atoms with Gasteiger partial charge in [-0.05, 0) is 16.3 Å². The Morgan fingerprint density at radius 1 is 1.05 bits per heavy atom. The van der Waals surface area contributed by atoms with E-state index in [0.717, 1.165) is 16.3 Å². The Balaban J connectivity index is 1.99. The lowest BCUT2D eigenvalue weighted by atomic mass is 10.0. The molecule has 0 radical (unpaired) electrons. The molecule has 0 bridgehead atoms. The number of benzene rings is 2. The summed E-state index contributed by atoms with van der Waals surface area (Å²) in [6.45, 7) is 0.362. The van der Waals surface area contributed by atoms with Gasteiger partial charge < -0.3 is 5.32 Å². The topological polar surface area (TPSA) is 58.2 Å². The molecule has 0 aromatic heterocycles. The molecule has 2 N–H and O–H groups in total. The van der Waals surface area contributed by atoms with Crippen LogP contribution >= 0.6 is 11.6 Å². The molecular formula is C15H15ClN2O2. The highest BCUT2D eigenvalue weighted by Gasteiger charge is 2.07. The first kappa shape index (κ1) is 14.3. The van der Waals surface area contributed by atoms with E-state index >= 15 is 0 Å². The number of amides is 3. The molecule has 0 saturated heterocycles. The summed E-state index contributed by atoms with van der Waals surface area (Å²) >= 11 is 5.43. The van der Waals surface area contributed by atoms with Gasteiger partial charge in [-0.1, -0.05) is 42.5 Å². The van der Waals surface area contributed by atoms with Crippen LogP contribution < -0.4 is 10.6 Å². The summed E-state index contributed by atoms with van der Waals surface area (Å²) in [5.74, 6) is -0.182. The van der Waals surface area contributed by atoms with Crippen molar-refractivity contribution in [2.75, 3.05) is 5.88 Å². The lowest BCUT2D eigenvalue weighted by molar-refractivity contribution is -0.119. The summed E-state index contributed by atoms with van der Waals surface area (Å²) in [5, 5.41) is 7.09. The fourth-order valence-electron chi connectivity index (χ4n) is 1.94. The van der Waals surface area contributed by atoms with E-state index in [0.29, 0.717) is 6.54 Å². The molecule has 0 heterocycles. The van der Waals surface area contributed by atoms with Crippen LogP contribution in [-0.2, 0) is 11.3 Å². The largest absolute Gasteiger partial charge is 0.334 e. The third-order valence-corrected chi connectivity index (χ3v) is 3.08. The molecule has 0 atom stereocenters. The van der Waals surface area contributed by atoms with Gasteiger partial charge in [-0.25, -0.2) is 4.79 Å². The molecule has 0 aliphatic rings. The Labute approximate surface area is 122 Å². The first-order chi connectivity index (χ1) is 9.70. The van der Waals surface area contributed by atoms with Crippen molar-refractivity contribution >= 4 is 34.3 Å². The van der Waals surface area contributed by atoms with Crippen LogP contribution in [0.1, 0.15) is 12.0 Å². The zero-order valence-electron chi connectivity index (χ0n) is 10.9. The molecule has 2 aromatic rings. The minimum atomic E-state index is -0.506. The molecule has 2 aromatic carbocycles. The van der Waals surface area contributed by atoms with E-state index in [1.54, 1.807) is 0 Å². The molecule has 0 aliphatic carbocycles. The van der Waals surface area contributed by atoms with Crippen LogP contribution in [0.5, 0.6) is 0 Å². The van der Waals surface area contributed by atoms with Crippen LogP contribution in [0.2, 0.25) is 0 Å². The molecule has 3 amide bonds. The number of carbonyl (C=O) groups excluding carboxylic acids is 2. The molecule has 0 unspecified atom stereocenters. The molecule has 4 nitrogen and oxygen atoms in total. The number of halogens is 1. The van der Waals surface area contributed by atoms with Crippen LogP contribution in [-0.4, -0.2) is 17.8 Å². The molecule has 0 aliphatic heterocycles. The number of carbonyl (C=O) groups is 2. The lowest BCUT2D eigenvalue weighted by Gasteiger charge is -2.09. The SMILES string of the molecule is O=C(CCCl)NC(=O)NCc1cccc2ccccc12. The normalized spacial score (nSPS) is 10.2. The van der Waals surface area contributed by atoms with Gasteiger partial charge in [0.15, 0.2) is 0 Å². The summed E-state index contributed by atoms with van der Waals surface area (Å²) in [6, 6.07) is 13.3. The number of alkyl halides is 1. The van der Waals surface area contributed by atoms with Crippen molar-refractivity contribution in [1.82, 2.24) is 10.6 Å². The van der Waals surface area contributed by atoms with Crippen molar-refractivity contribution in [2.45, 2.75) is 13.0 Å². The van der Waals surface area contributed by atoms with Crippen molar-refractivity contribution in [3.63, 3.8) is 0 Å². The minimum absolute atomic E-state index is 0.128. The quantitative estimate of drug-likeness (QED) is 0.851. The van der Waals surface area contributed by atoms with Crippen molar-refractivity contribution in [3.05, 3.63) is 48.0 Å². The fraction of sp³-hybridized carbons (Fsp3) is 0.200. The second-order valence-electron chi connectivity index (χ2n) is 4.31. The van der Waals surface area contributed by atoms with Gasteiger partial charge in [0.1, 0.15) is 0 Å². The van der Waals surface area contributed by atoms with Crippen LogP contribution in [0.4, 0.5) is 4.79 Å². The first-order valence-electron chi connectivity index (χ1n) is 6.31. The summed E-state index contributed by atoms with van der Waals surface area (Å²) < 4.78 is 0.